The molecule has 0 bridgehead atoms. The SMILES string of the molecule is COC1C(Sc2cc(Cl)cnc2-c2cccnc2)OC2COC(c3ccccc3)OC2C1N. The van der Waals surface area contributed by atoms with Crippen LogP contribution in [0.2, 0.25) is 5.02 Å². The van der Waals surface area contributed by atoms with Crippen molar-refractivity contribution in [1.82, 2.24) is 9.97 Å². The minimum atomic E-state index is -0.488. The van der Waals surface area contributed by atoms with Crippen molar-refractivity contribution in [3.05, 3.63) is 77.7 Å². The van der Waals surface area contributed by atoms with Gasteiger partial charge in [0.15, 0.2) is 6.29 Å². The van der Waals surface area contributed by atoms with Crippen molar-refractivity contribution in [3.63, 3.8) is 0 Å². The average Bonchev–Trinajstić information content (AvgIpc) is 2.85. The Labute approximate surface area is 201 Å². The fourth-order valence-electron chi connectivity index (χ4n) is 4.12. The van der Waals surface area contributed by atoms with E-state index in [0.717, 1.165) is 21.7 Å². The summed E-state index contributed by atoms with van der Waals surface area (Å²) in [6, 6.07) is 15.1. The minimum Gasteiger partial charge on any atom is -0.376 e. The number of rotatable bonds is 5. The first-order valence-corrected chi connectivity index (χ1v) is 11.9. The topological polar surface area (TPSA) is 88.7 Å². The van der Waals surface area contributed by atoms with Crippen LogP contribution in [0.15, 0.2) is 72.0 Å². The lowest BCUT2D eigenvalue weighted by atomic mass is 9.97. The van der Waals surface area contributed by atoms with Crippen LogP contribution in [0.5, 0.6) is 0 Å². The molecular formula is C24H24ClN3O4S. The number of nitrogens with zero attached hydrogens (tertiary/aromatic N) is 2. The molecule has 0 amide bonds. The first kappa shape index (κ1) is 22.7. The van der Waals surface area contributed by atoms with Crippen LogP contribution in [0.3, 0.4) is 0 Å². The monoisotopic (exact) mass is 485 g/mol. The number of nitrogens with two attached hydrogens (primary N) is 1. The molecule has 2 aliphatic rings. The van der Waals surface area contributed by atoms with Gasteiger partial charge in [0.2, 0.25) is 0 Å². The zero-order valence-electron chi connectivity index (χ0n) is 17.9. The molecule has 0 spiro atoms. The molecule has 1 aromatic carbocycles. The number of hydrogen-bond donors (Lipinski definition) is 1. The highest BCUT2D eigenvalue weighted by Gasteiger charge is 2.49. The Bertz CT molecular complexity index is 1080. The second-order valence-corrected chi connectivity index (χ2v) is 9.43. The van der Waals surface area contributed by atoms with E-state index in [1.165, 1.54) is 11.8 Å². The number of thioether (sulfide) groups is 1. The van der Waals surface area contributed by atoms with Gasteiger partial charge in [-0.15, -0.1) is 0 Å². The quantitative estimate of drug-likeness (QED) is 0.578. The minimum absolute atomic E-state index is 0.321. The molecule has 7 nitrogen and oxygen atoms in total. The summed E-state index contributed by atoms with van der Waals surface area (Å²) in [6.45, 7) is 0.370. The summed E-state index contributed by atoms with van der Waals surface area (Å²) in [6.07, 6.45) is 3.54. The number of aromatic nitrogens is 2. The van der Waals surface area contributed by atoms with Crippen molar-refractivity contribution in [2.75, 3.05) is 13.7 Å². The molecule has 0 saturated carbocycles. The lowest BCUT2D eigenvalue weighted by Crippen LogP contribution is -2.64. The highest BCUT2D eigenvalue weighted by Crippen LogP contribution is 2.41. The van der Waals surface area contributed by atoms with Gasteiger partial charge in [-0.1, -0.05) is 53.7 Å². The normalized spacial score (nSPS) is 29.4. The number of benzene rings is 1. The molecule has 4 heterocycles. The summed E-state index contributed by atoms with van der Waals surface area (Å²) in [7, 11) is 1.63. The number of ether oxygens (including phenoxy) is 4. The first-order valence-electron chi connectivity index (χ1n) is 10.6. The third kappa shape index (κ3) is 4.79. The van der Waals surface area contributed by atoms with Crippen LogP contribution in [-0.4, -0.2) is 53.5 Å². The van der Waals surface area contributed by atoms with E-state index in [2.05, 4.69) is 9.97 Å². The van der Waals surface area contributed by atoms with Crippen LogP contribution in [-0.2, 0) is 18.9 Å². The molecule has 2 fully saturated rings. The van der Waals surface area contributed by atoms with Crippen LogP contribution < -0.4 is 5.73 Å². The highest BCUT2D eigenvalue weighted by atomic mass is 35.5. The number of fused-ring (bicyclic) bond motifs is 1. The van der Waals surface area contributed by atoms with Crippen molar-refractivity contribution < 1.29 is 18.9 Å². The maximum absolute atomic E-state index is 6.66. The summed E-state index contributed by atoms with van der Waals surface area (Å²) in [4.78, 5) is 9.60. The molecule has 3 aromatic rings. The molecule has 2 saturated heterocycles. The van der Waals surface area contributed by atoms with E-state index in [-0.39, 0.29) is 12.2 Å². The van der Waals surface area contributed by atoms with E-state index in [0.29, 0.717) is 11.6 Å². The van der Waals surface area contributed by atoms with Gasteiger partial charge in [0, 0.05) is 41.7 Å². The predicted octanol–water partition coefficient (Wildman–Crippen LogP) is 4.07. The van der Waals surface area contributed by atoms with E-state index in [1.54, 1.807) is 25.7 Å². The van der Waals surface area contributed by atoms with Crippen molar-refractivity contribution in [3.8, 4) is 11.3 Å². The summed E-state index contributed by atoms with van der Waals surface area (Å²) in [5.41, 5.74) is 8.86. The van der Waals surface area contributed by atoms with Crippen LogP contribution in [0.4, 0.5) is 0 Å². The third-order valence-corrected chi connectivity index (χ3v) is 7.12. The lowest BCUT2D eigenvalue weighted by molar-refractivity contribution is -0.298. The van der Waals surface area contributed by atoms with Crippen LogP contribution in [0.25, 0.3) is 11.3 Å². The Hall–Kier alpha value is -2.04. The maximum atomic E-state index is 6.66. The zero-order valence-corrected chi connectivity index (χ0v) is 19.5. The Kier molecular flexibility index (Phi) is 6.94. The second-order valence-electron chi connectivity index (χ2n) is 7.86. The molecule has 33 heavy (non-hydrogen) atoms. The summed E-state index contributed by atoms with van der Waals surface area (Å²) in [5, 5.41) is 0.534. The molecule has 9 heteroatoms. The molecule has 172 valence electrons. The fraction of sp³-hybridized carbons (Fsp3) is 0.333. The van der Waals surface area contributed by atoms with Crippen LogP contribution in [0, 0.1) is 0 Å². The van der Waals surface area contributed by atoms with Crippen LogP contribution in [0.1, 0.15) is 11.9 Å². The Morgan fingerprint density at radius 3 is 2.73 bits per heavy atom. The standard InChI is InChI=1S/C24H24ClN3O4S/c1-29-22-19(26)21-17(13-30-23(32-21)14-6-3-2-4-7-14)31-24(22)33-18-10-16(25)12-28-20(18)15-8-5-9-27-11-15/h2-12,17,19,21-24H,13,26H2,1H3. The Balaban J connectivity index is 1.38. The molecule has 5 rings (SSSR count). The van der Waals surface area contributed by atoms with Gasteiger partial charge in [-0.2, -0.15) is 0 Å². The number of halogens is 1. The van der Waals surface area contributed by atoms with Gasteiger partial charge >= 0.3 is 0 Å². The smallest absolute Gasteiger partial charge is 0.184 e. The van der Waals surface area contributed by atoms with Gasteiger partial charge < -0.3 is 24.7 Å². The fourth-order valence-corrected chi connectivity index (χ4v) is 5.70. The summed E-state index contributed by atoms with van der Waals surface area (Å²) >= 11 is 7.75. The molecular weight excluding hydrogens is 462 g/mol. The van der Waals surface area contributed by atoms with Crippen molar-refractivity contribution >= 4 is 23.4 Å². The van der Waals surface area contributed by atoms with Crippen molar-refractivity contribution in [2.24, 2.45) is 5.73 Å². The predicted molar refractivity (Wildman–Crippen MR) is 126 cm³/mol. The van der Waals surface area contributed by atoms with Crippen molar-refractivity contribution in [1.29, 1.82) is 0 Å². The molecule has 6 atom stereocenters. The molecule has 6 unspecified atom stereocenters. The Morgan fingerprint density at radius 2 is 1.97 bits per heavy atom. The molecule has 0 aliphatic carbocycles. The van der Waals surface area contributed by atoms with E-state index in [9.17, 15) is 0 Å². The maximum Gasteiger partial charge on any atom is 0.184 e. The number of pyridine rings is 2. The van der Waals surface area contributed by atoms with Gasteiger partial charge in [-0.25, -0.2) is 0 Å². The van der Waals surface area contributed by atoms with Crippen molar-refractivity contribution in [2.45, 2.75) is 41.0 Å². The van der Waals surface area contributed by atoms with Gasteiger partial charge in [0.1, 0.15) is 23.7 Å². The van der Waals surface area contributed by atoms with Gasteiger partial charge in [0.05, 0.1) is 23.4 Å². The number of hydrogen-bond acceptors (Lipinski definition) is 8. The van der Waals surface area contributed by atoms with E-state index >= 15 is 0 Å². The zero-order chi connectivity index (χ0) is 22.8. The van der Waals surface area contributed by atoms with E-state index in [1.807, 2.05) is 48.5 Å². The second kappa shape index (κ2) is 10.1. The largest absolute Gasteiger partial charge is 0.376 e. The summed E-state index contributed by atoms with van der Waals surface area (Å²) < 4.78 is 24.4. The van der Waals surface area contributed by atoms with Crippen LogP contribution >= 0.6 is 23.4 Å². The molecule has 2 N–H and O–H groups in total. The average molecular weight is 486 g/mol. The lowest BCUT2D eigenvalue weighted by Gasteiger charge is -2.48. The van der Waals surface area contributed by atoms with E-state index in [4.69, 9.17) is 36.3 Å². The van der Waals surface area contributed by atoms with Gasteiger partial charge in [-0.05, 0) is 18.2 Å². The Morgan fingerprint density at radius 1 is 1.12 bits per heavy atom. The van der Waals surface area contributed by atoms with Gasteiger partial charge in [0.25, 0.3) is 0 Å². The summed E-state index contributed by atoms with van der Waals surface area (Å²) in [5.74, 6) is 0. The third-order valence-electron chi connectivity index (χ3n) is 5.74. The highest BCUT2D eigenvalue weighted by molar-refractivity contribution is 8.00. The molecule has 0 radical (unpaired) electrons. The first-order chi connectivity index (χ1) is 16.1. The molecule has 2 aliphatic heterocycles. The van der Waals surface area contributed by atoms with E-state index < -0.39 is 23.9 Å². The molecule has 2 aromatic heterocycles. The van der Waals surface area contributed by atoms with Gasteiger partial charge in [-0.3, -0.25) is 9.97 Å². The number of methoxy groups -OCH3 is 1.